The minimum Gasteiger partial charge on any atom is -0.480 e. The summed E-state index contributed by atoms with van der Waals surface area (Å²) in [7, 11) is 1.79. The van der Waals surface area contributed by atoms with Crippen molar-refractivity contribution in [1.82, 2.24) is 10.2 Å². The number of carboxylic acids is 1. The van der Waals surface area contributed by atoms with E-state index in [4.69, 9.17) is 0 Å². The maximum absolute atomic E-state index is 12.7. The summed E-state index contributed by atoms with van der Waals surface area (Å²) in [5, 5.41) is 12.7. The lowest BCUT2D eigenvalue weighted by atomic mass is 9.99. The summed E-state index contributed by atoms with van der Waals surface area (Å²) in [6.45, 7) is 2.17. The van der Waals surface area contributed by atoms with Crippen LogP contribution in [-0.4, -0.2) is 40.8 Å². The Morgan fingerprint density at radius 3 is 2.02 bits per heavy atom. The number of carboxylic acid groups (broad SMARTS) is 1. The number of hydrogen-bond acceptors (Lipinski definition) is 4. The van der Waals surface area contributed by atoms with Crippen LogP contribution in [0.5, 0.6) is 0 Å². The van der Waals surface area contributed by atoms with Crippen molar-refractivity contribution in [1.29, 1.82) is 0 Å². The topological polar surface area (TPSA) is 86.7 Å². The molecular weight excluding hydrogens is 500 g/mol. The predicted octanol–water partition coefficient (Wildman–Crippen LogP) is 6.00. The van der Waals surface area contributed by atoms with Gasteiger partial charge in [0.15, 0.2) is 5.78 Å². The van der Waals surface area contributed by atoms with Gasteiger partial charge < -0.3 is 15.3 Å². The summed E-state index contributed by atoms with van der Waals surface area (Å²) in [6, 6.07) is 33.0. The van der Waals surface area contributed by atoms with E-state index in [-0.39, 0.29) is 18.1 Å². The number of hydrogen-bond donors (Lipinski definition) is 2. The zero-order valence-electron chi connectivity index (χ0n) is 22.6. The highest BCUT2D eigenvalue weighted by Crippen LogP contribution is 2.22. The van der Waals surface area contributed by atoms with Crippen LogP contribution < -0.4 is 5.32 Å². The fourth-order valence-electron chi connectivity index (χ4n) is 4.46. The molecule has 0 aliphatic rings. The van der Waals surface area contributed by atoms with E-state index in [0.29, 0.717) is 23.4 Å². The molecule has 6 heteroatoms. The zero-order chi connectivity index (χ0) is 28.5. The smallest absolute Gasteiger partial charge is 0.326 e. The number of benzene rings is 4. The van der Waals surface area contributed by atoms with Gasteiger partial charge in [-0.2, -0.15) is 0 Å². The largest absolute Gasteiger partial charge is 0.480 e. The maximum atomic E-state index is 12.7. The van der Waals surface area contributed by atoms with Crippen molar-refractivity contribution in [2.24, 2.45) is 0 Å². The van der Waals surface area contributed by atoms with Crippen LogP contribution in [0.25, 0.3) is 11.1 Å². The van der Waals surface area contributed by atoms with Gasteiger partial charge >= 0.3 is 5.97 Å². The molecule has 0 fully saturated rings. The van der Waals surface area contributed by atoms with Crippen LogP contribution in [0.3, 0.4) is 0 Å². The zero-order valence-corrected chi connectivity index (χ0v) is 22.6. The van der Waals surface area contributed by atoms with Crippen LogP contribution >= 0.6 is 0 Å². The lowest BCUT2D eigenvalue weighted by molar-refractivity contribution is -0.139. The van der Waals surface area contributed by atoms with Crippen molar-refractivity contribution in [2.45, 2.75) is 25.9 Å². The average molecular weight is 533 g/mol. The van der Waals surface area contributed by atoms with Crippen molar-refractivity contribution in [3.05, 3.63) is 143 Å². The lowest BCUT2D eigenvalue weighted by Crippen LogP contribution is -2.37. The van der Waals surface area contributed by atoms with Crippen LogP contribution in [-0.2, 0) is 17.8 Å². The minimum atomic E-state index is -0.995. The summed E-state index contributed by atoms with van der Waals surface area (Å²) < 4.78 is 0. The molecule has 0 saturated heterocycles. The second kappa shape index (κ2) is 13.2. The van der Waals surface area contributed by atoms with Gasteiger partial charge in [-0.1, -0.05) is 91.0 Å². The van der Waals surface area contributed by atoms with Crippen molar-refractivity contribution < 1.29 is 19.5 Å². The second-order valence-corrected chi connectivity index (χ2v) is 9.72. The highest BCUT2D eigenvalue weighted by molar-refractivity contribution is 6.04. The fourth-order valence-corrected chi connectivity index (χ4v) is 4.46. The summed E-state index contributed by atoms with van der Waals surface area (Å²) in [4.78, 5) is 38.8. The van der Waals surface area contributed by atoms with Crippen molar-refractivity contribution in [2.75, 3.05) is 7.05 Å². The van der Waals surface area contributed by atoms with E-state index in [9.17, 15) is 19.5 Å². The Balaban J connectivity index is 1.40. The second-order valence-electron chi connectivity index (χ2n) is 9.72. The number of amides is 1. The van der Waals surface area contributed by atoms with Crippen LogP contribution in [0.4, 0.5) is 0 Å². The number of nitrogens with one attached hydrogen (secondary N) is 1. The number of carbonyl (C=O) groups is 3. The van der Waals surface area contributed by atoms with E-state index in [1.54, 1.807) is 43.1 Å². The first-order valence-corrected chi connectivity index (χ1v) is 13.1. The molecule has 0 radical (unpaired) electrons. The highest BCUT2D eigenvalue weighted by Gasteiger charge is 2.18. The maximum Gasteiger partial charge on any atom is 0.326 e. The Hall–Kier alpha value is -4.97. The number of nitrogens with zero attached hydrogens (tertiary/aromatic N) is 1. The number of ketones is 1. The fraction of sp³-hybridized carbons (Fsp3) is 0.147. The molecule has 0 bridgehead atoms. The molecule has 6 nitrogen and oxygen atoms in total. The lowest BCUT2D eigenvalue weighted by Gasteiger charge is -2.18. The van der Waals surface area contributed by atoms with Gasteiger partial charge in [0.25, 0.3) is 5.91 Å². The van der Waals surface area contributed by atoms with E-state index >= 15 is 0 Å². The van der Waals surface area contributed by atoms with Gasteiger partial charge in [-0.25, -0.2) is 4.79 Å². The number of allylic oxidation sites excluding steroid dienone is 2. The summed E-state index contributed by atoms with van der Waals surface area (Å²) in [6.07, 6.45) is 1.68. The molecule has 0 heterocycles. The van der Waals surface area contributed by atoms with E-state index < -0.39 is 12.0 Å². The van der Waals surface area contributed by atoms with E-state index in [1.807, 2.05) is 78.9 Å². The molecule has 0 aliphatic heterocycles. The summed E-state index contributed by atoms with van der Waals surface area (Å²) in [5.41, 5.74) is 5.56. The Kier molecular flexibility index (Phi) is 9.26. The van der Waals surface area contributed by atoms with Crippen LogP contribution in [0.2, 0.25) is 0 Å². The molecule has 0 spiro atoms. The van der Waals surface area contributed by atoms with Gasteiger partial charge in [-0.3, -0.25) is 9.59 Å². The number of carbonyl (C=O) groups excluding carboxylic acids is 2. The SMILES string of the molecule is CC(=CC(=O)c1ccccc1)NC(Cc1ccc(-c2cccc(CN(C)C(=O)c3ccccc3)c2)cc1)C(=O)O. The molecule has 1 unspecified atom stereocenters. The van der Waals surface area contributed by atoms with Gasteiger partial charge in [0.05, 0.1) is 0 Å². The quantitative estimate of drug-likeness (QED) is 0.183. The molecular formula is C34H32N2O4. The first-order chi connectivity index (χ1) is 19.3. The Morgan fingerprint density at radius 1 is 0.775 bits per heavy atom. The predicted molar refractivity (Wildman–Crippen MR) is 157 cm³/mol. The third-order valence-corrected chi connectivity index (χ3v) is 6.55. The first kappa shape index (κ1) is 28.0. The third-order valence-electron chi connectivity index (χ3n) is 6.55. The highest BCUT2D eigenvalue weighted by atomic mass is 16.4. The third kappa shape index (κ3) is 7.54. The van der Waals surface area contributed by atoms with Crippen LogP contribution in [0, 0.1) is 0 Å². The molecule has 4 rings (SSSR count). The van der Waals surface area contributed by atoms with Gasteiger partial charge in [-0.15, -0.1) is 0 Å². The molecule has 0 aromatic heterocycles. The van der Waals surface area contributed by atoms with E-state index in [0.717, 1.165) is 22.3 Å². The monoisotopic (exact) mass is 532 g/mol. The first-order valence-electron chi connectivity index (χ1n) is 13.1. The number of rotatable bonds is 11. The molecule has 0 saturated carbocycles. The molecule has 1 atom stereocenters. The van der Waals surface area contributed by atoms with E-state index in [2.05, 4.69) is 11.4 Å². The van der Waals surface area contributed by atoms with Crippen LogP contribution in [0.15, 0.2) is 121 Å². The molecule has 0 aliphatic carbocycles. The molecule has 40 heavy (non-hydrogen) atoms. The summed E-state index contributed by atoms with van der Waals surface area (Å²) >= 11 is 0. The Morgan fingerprint density at radius 2 is 1.40 bits per heavy atom. The van der Waals surface area contributed by atoms with Gasteiger partial charge in [0.2, 0.25) is 0 Å². The van der Waals surface area contributed by atoms with Crippen LogP contribution in [0.1, 0.15) is 38.8 Å². The van der Waals surface area contributed by atoms with E-state index in [1.165, 1.54) is 6.08 Å². The molecule has 1 amide bonds. The molecule has 4 aromatic rings. The Bertz CT molecular complexity index is 1500. The van der Waals surface area contributed by atoms with Gasteiger partial charge in [-0.05, 0) is 47.4 Å². The molecule has 202 valence electrons. The standard InChI is InChI=1S/C34H32N2O4/c1-24(20-32(37)28-11-5-3-6-12-28)35-31(34(39)40)22-25-16-18-27(19-17-25)30-15-9-10-26(21-30)23-36(2)33(38)29-13-7-4-8-14-29/h3-21,31,35H,22-23H2,1-2H3,(H,39,40). The van der Waals surface area contributed by atoms with Gasteiger partial charge in [0, 0.05) is 42.9 Å². The van der Waals surface area contributed by atoms with Crippen molar-refractivity contribution in [3.8, 4) is 11.1 Å². The van der Waals surface area contributed by atoms with Crippen molar-refractivity contribution >= 4 is 17.7 Å². The molecule has 2 N–H and O–H groups in total. The summed E-state index contributed by atoms with van der Waals surface area (Å²) in [5.74, 6) is -1.21. The Labute approximate surface area is 234 Å². The normalized spacial score (nSPS) is 11.9. The van der Waals surface area contributed by atoms with Crippen molar-refractivity contribution in [3.63, 3.8) is 0 Å². The average Bonchev–Trinajstić information content (AvgIpc) is 2.97. The minimum absolute atomic E-state index is 0.0357. The number of aliphatic carboxylic acids is 1. The molecule has 4 aromatic carbocycles. The van der Waals surface area contributed by atoms with Gasteiger partial charge in [0.1, 0.15) is 6.04 Å².